The van der Waals surface area contributed by atoms with Crippen molar-refractivity contribution in [3.8, 4) is 0 Å². The van der Waals surface area contributed by atoms with Crippen molar-refractivity contribution in [3.63, 3.8) is 0 Å². The van der Waals surface area contributed by atoms with Gasteiger partial charge in [-0.1, -0.05) is 0 Å². The highest BCUT2D eigenvalue weighted by Crippen LogP contribution is 2.22. The number of ether oxygens (including phenoxy) is 3. The van der Waals surface area contributed by atoms with Crippen LogP contribution in [0.3, 0.4) is 0 Å². The molecule has 2 rings (SSSR count). The van der Waals surface area contributed by atoms with E-state index >= 15 is 0 Å². The van der Waals surface area contributed by atoms with Gasteiger partial charge in [-0.25, -0.2) is 4.39 Å². The Morgan fingerprint density at radius 2 is 2.27 bits per heavy atom. The second-order valence-electron chi connectivity index (χ2n) is 3.39. The number of alkyl halides is 1. The topological polar surface area (TPSA) is 47.9 Å². The molecule has 0 aromatic carbocycles. The average molecular weight is 216 g/mol. The predicted molar refractivity (Wildman–Crippen MR) is 50.0 cm³/mol. The molecule has 15 heavy (non-hydrogen) atoms. The first kappa shape index (κ1) is 10.4. The van der Waals surface area contributed by atoms with Gasteiger partial charge in [-0.15, -0.1) is 0 Å². The molecule has 1 fully saturated rings. The Morgan fingerprint density at radius 3 is 2.93 bits per heavy atom. The Hall–Kier alpha value is -1.07. The Balaban J connectivity index is 1.89. The number of hydrogen-bond donors (Lipinski definition) is 1. The number of aliphatic hydroxyl groups is 1. The molecule has 4 nitrogen and oxygen atoms in total. The zero-order valence-corrected chi connectivity index (χ0v) is 8.19. The van der Waals surface area contributed by atoms with Crippen molar-refractivity contribution in [1.29, 1.82) is 0 Å². The SMILES string of the molecule is OC1=CC=C(OC2COCCO2)CC1F. The molecule has 0 spiro atoms. The van der Waals surface area contributed by atoms with Crippen LogP contribution in [0.15, 0.2) is 23.7 Å². The number of halogens is 1. The van der Waals surface area contributed by atoms with Crippen LogP contribution in [-0.4, -0.2) is 37.4 Å². The highest BCUT2D eigenvalue weighted by molar-refractivity contribution is 5.20. The third kappa shape index (κ3) is 2.70. The minimum absolute atomic E-state index is 0.0438. The van der Waals surface area contributed by atoms with Gasteiger partial charge >= 0.3 is 0 Å². The summed E-state index contributed by atoms with van der Waals surface area (Å²) in [5, 5.41) is 9.03. The summed E-state index contributed by atoms with van der Waals surface area (Å²) < 4.78 is 28.8. The number of hydrogen-bond acceptors (Lipinski definition) is 4. The van der Waals surface area contributed by atoms with Crippen molar-refractivity contribution in [1.82, 2.24) is 0 Å². The minimum Gasteiger partial charge on any atom is -0.509 e. The fourth-order valence-corrected chi connectivity index (χ4v) is 1.42. The van der Waals surface area contributed by atoms with E-state index in [9.17, 15) is 4.39 Å². The van der Waals surface area contributed by atoms with Gasteiger partial charge in [0.15, 0.2) is 6.17 Å². The lowest BCUT2D eigenvalue weighted by Crippen LogP contribution is -2.31. The van der Waals surface area contributed by atoms with Crippen LogP contribution in [0.2, 0.25) is 0 Å². The molecule has 2 aliphatic rings. The normalized spacial score (nSPS) is 31.8. The molecule has 0 radical (unpaired) electrons. The van der Waals surface area contributed by atoms with E-state index in [-0.39, 0.29) is 12.2 Å². The predicted octanol–water partition coefficient (Wildman–Crippen LogP) is 1.44. The van der Waals surface area contributed by atoms with Gasteiger partial charge in [0.2, 0.25) is 6.29 Å². The summed E-state index contributed by atoms with van der Waals surface area (Å²) in [6, 6.07) is 0. The lowest BCUT2D eigenvalue weighted by molar-refractivity contribution is -0.196. The first-order chi connectivity index (χ1) is 7.25. The molecule has 0 aromatic rings. The van der Waals surface area contributed by atoms with E-state index < -0.39 is 12.5 Å². The van der Waals surface area contributed by atoms with Gasteiger partial charge in [0, 0.05) is 6.42 Å². The van der Waals surface area contributed by atoms with Gasteiger partial charge in [-0.3, -0.25) is 0 Å². The van der Waals surface area contributed by atoms with Crippen LogP contribution in [0, 0.1) is 0 Å². The molecule has 1 N–H and O–H groups in total. The Kier molecular flexibility index (Phi) is 3.23. The monoisotopic (exact) mass is 216 g/mol. The van der Waals surface area contributed by atoms with E-state index in [4.69, 9.17) is 19.3 Å². The molecule has 2 unspecified atom stereocenters. The highest BCUT2D eigenvalue weighted by atomic mass is 19.1. The molecule has 0 aromatic heterocycles. The molecule has 0 amide bonds. The van der Waals surface area contributed by atoms with Crippen LogP contribution in [0.4, 0.5) is 4.39 Å². The molecule has 84 valence electrons. The summed E-state index contributed by atoms with van der Waals surface area (Å²) in [6.45, 7) is 1.40. The molecule has 0 bridgehead atoms. The van der Waals surface area contributed by atoms with Gasteiger partial charge in [-0.2, -0.15) is 0 Å². The van der Waals surface area contributed by atoms with Crippen LogP contribution in [0.25, 0.3) is 0 Å². The standard InChI is InChI=1S/C10H13FO4/c11-8-5-7(1-2-9(8)12)15-10-6-13-3-4-14-10/h1-2,8,10,12H,3-6H2. The molecule has 5 heteroatoms. The molecule has 1 heterocycles. The van der Waals surface area contributed by atoms with E-state index in [0.29, 0.717) is 25.6 Å². The molecular weight excluding hydrogens is 203 g/mol. The quantitative estimate of drug-likeness (QED) is 0.758. The summed E-state index contributed by atoms with van der Waals surface area (Å²) in [7, 11) is 0. The number of allylic oxidation sites excluding steroid dienone is 4. The molecular formula is C10H13FO4. The van der Waals surface area contributed by atoms with Crippen molar-refractivity contribution in [2.24, 2.45) is 0 Å². The summed E-state index contributed by atoms with van der Waals surface area (Å²) in [5.74, 6) is 0.207. The number of rotatable bonds is 2. The van der Waals surface area contributed by atoms with Gasteiger partial charge in [0.1, 0.15) is 18.1 Å². The molecule has 1 saturated heterocycles. The van der Waals surface area contributed by atoms with Gasteiger partial charge in [-0.05, 0) is 12.2 Å². The van der Waals surface area contributed by atoms with E-state index in [0.717, 1.165) is 0 Å². The van der Waals surface area contributed by atoms with Gasteiger partial charge < -0.3 is 19.3 Å². The van der Waals surface area contributed by atoms with Crippen molar-refractivity contribution < 1.29 is 23.7 Å². The smallest absolute Gasteiger partial charge is 0.223 e. The fraction of sp³-hybridized carbons (Fsp3) is 0.600. The molecule has 0 saturated carbocycles. The van der Waals surface area contributed by atoms with E-state index in [1.165, 1.54) is 6.08 Å². The number of aliphatic hydroxyl groups excluding tert-OH is 1. The molecule has 1 aliphatic heterocycles. The average Bonchev–Trinajstić information content (AvgIpc) is 2.25. The summed E-state index contributed by atoms with van der Waals surface area (Å²) in [5.41, 5.74) is 0. The lowest BCUT2D eigenvalue weighted by atomic mass is 10.1. The Bertz CT molecular complexity index is 281. The maximum absolute atomic E-state index is 13.1. The first-order valence-electron chi connectivity index (χ1n) is 4.85. The van der Waals surface area contributed by atoms with Crippen LogP contribution in [-0.2, 0) is 14.2 Å². The lowest BCUT2D eigenvalue weighted by Gasteiger charge is -2.26. The summed E-state index contributed by atoms with van der Waals surface area (Å²) in [4.78, 5) is 0. The maximum atomic E-state index is 13.1. The zero-order chi connectivity index (χ0) is 10.7. The van der Waals surface area contributed by atoms with Crippen LogP contribution in [0.5, 0.6) is 0 Å². The highest BCUT2D eigenvalue weighted by Gasteiger charge is 2.22. The van der Waals surface area contributed by atoms with Crippen LogP contribution in [0.1, 0.15) is 6.42 Å². The Morgan fingerprint density at radius 1 is 1.40 bits per heavy atom. The summed E-state index contributed by atoms with van der Waals surface area (Å²) in [6.07, 6.45) is 1.04. The second kappa shape index (κ2) is 4.63. The fourth-order valence-electron chi connectivity index (χ4n) is 1.42. The van der Waals surface area contributed by atoms with Crippen molar-refractivity contribution in [2.45, 2.75) is 18.9 Å². The second-order valence-corrected chi connectivity index (χ2v) is 3.39. The van der Waals surface area contributed by atoms with Crippen LogP contribution < -0.4 is 0 Å². The largest absolute Gasteiger partial charge is 0.509 e. The molecule has 2 atom stereocenters. The van der Waals surface area contributed by atoms with Crippen molar-refractivity contribution in [2.75, 3.05) is 19.8 Å². The van der Waals surface area contributed by atoms with Gasteiger partial charge in [0.05, 0.1) is 13.2 Å². The maximum Gasteiger partial charge on any atom is 0.223 e. The first-order valence-corrected chi connectivity index (χ1v) is 4.85. The zero-order valence-electron chi connectivity index (χ0n) is 8.19. The minimum atomic E-state index is -1.38. The van der Waals surface area contributed by atoms with E-state index in [1.54, 1.807) is 6.08 Å². The van der Waals surface area contributed by atoms with Gasteiger partial charge in [0.25, 0.3) is 0 Å². The van der Waals surface area contributed by atoms with E-state index in [2.05, 4.69) is 0 Å². The van der Waals surface area contributed by atoms with Crippen LogP contribution >= 0.6 is 0 Å². The third-order valence-corrected chi connectivity index (χ3v) is 2.21. The summed E-state index contributed by atoms with van der Waals surface area (Å²) >= 11 is 0. The van der Waals surface area contributed by atoms with E-state index in [1.807, 2.05) is 0 Å². The van der Waals surface area contributed by atoms with Crippen molar-refractivity contribution >= 4 is 0 Å². The molecule has 1 aliphatic carbocycles. The third-order valence-electron chi connectivity index (χ3n) is 2.21. The Labute approximate surface area is 86.9 Å². The van der Waals surface area contributed by atoms with Crippen molar-refractivity contribution in [3.05, 3.63) is 23.7 Å².